The molecule has 0 saturated heterocycles. The summed E-state index contributed by atoms with van der Waals surface area (Å²) in [4.78, 5) is 9.83. The van der Waals surface area contributed by atoms with E-state index in [0.717, 1.165) is 48.5 Å². The monoisotopic (exact) mass is 902 g/mol. The molecule has 312 valence electrons. The molecule has 27 heteroatoms. The summed E-state index contributed by atoms with van der Waals surface area (Å²) in [5.74, 6) is -1.01. The normalized spacial score (nSPS) is 12.7. The number of nitrogens with one attached hydrogen (secondary N) is 2. The summed E-state index contributed by atoms with van der Waals surface area (Å²) in [5, 5.41) is 40.4. The van der Waals surface area contributed by atoms with Gasteiger partial charge in [-0.05, 0) is 59.3 Å². The number of aromatic hydroxyl groups is 2. The van der Waals surface area contributed by atoms with Crippen LogP contribution in [0.4, 0.5) is 50.3 Å². The fourth-order valence-electron chi connectivity index (χ4n) is 5.79. The Kier molecular flexibility index (Phi) is 11.0. The molecule has 6 aromatic carbocycles. The molecule has 0 radical (unpaired) electrons. The molecular formula is C33H26N8O15S4. The molecule has 0 fully saturated rings. The largest absolute Gasteiger partial charge is 0.507 e. The molecule has 0 aromatic heterocycles. The number of fused-ring (bicyclic) bond motifs is 2. The lowest BCUT2D eigenvalue weighted by atomic mass is 10.1. The standard InChI is InChI=1S/C33H26N8O15S4/c34-27-23(59(51,52)53)13-15-5-1-9-19(42)25(15)31(27)40-38-29-17(7-3-11-21(29)57(45,46)47)36-33(44)37-18-8-4-12-22(58(48,49)50)30(18)39-41-32-26-16(6-2-10-20(26)43)14-24(28(32)35)60(54,55)56/h1-14,42-43H,34-35H2,(H2,36,37,44)(H,45,46,47)(H,48,49,50)(H,51,52,53)(H,54,55,56). The molecule has 0 aliphatic rings. The number of carbonyl (C=O) groups is 1. The van der Waals surface area contributed by atoms with Crippen LogP contribution in [0, 0.1) is 0 Å². The molecule has 6 aromatic rings. The molecule has 0 saturated carbocycles. The lowest BCUT2D eigenvalue weighted by Gasteiger charge is -2.14. The van der Waals surface area contributed by atoms with Gasteiger partial charge < -0.3 is 32.3 Å². The molecular weight excluding hydrogens is 877 g/mol. The van der Waals surface area contributed by atoms with Crippen LogP contribution in [-0.2, 0) is 40.5 Å². The lowest BCUT2D eigenvalue weighted by Crippen LogP contribution is -2.20. The summed E-state index contributed by atoms with van der Waals surface area (Å²) in [6, 6.07) is 14.0. The van der Waals surface area contributed by atoms with E-state index in [9.17, 15) is 66.9 Å². The summed E-state index contributed by atoms with van der Waals surface area (Å²) in [6.07, 6.45) is 0. The fraction of sp³-hybridized carbons (Fsp3) is 0. The van der Waals surface area contributed by atoms with Gasteiger partial charge in [0.1, 0.15) is 53.8 Å². The van der Waals surface area contributed by atoms with E-state index >= 15 is 0 Å². The predicted octanol–water partition coefficient (Wildman–Crippen LogP) is 6.03. The van der Waals surface area contributed by atoms with Crippen LogP contribution in [0.15, 0.2) is 125 Å². The van der Waals surface area contributed by atoms with E-state index in [0.29, 0.717) is 0 Å². The zero-order chi connectivity index (χ0) is 44.1. The molecule has 60 heavy (non-hydrogen) atoms. The maximum atomic E-state index is 13.5. The van der Waals surface area contributed by atoms with Gasteiger partial charge in [-0.1, -0.05) is 36.4 Å². The van der Waals surface area contributed by atoms with Gasteiger partial charge in [-0.25, -0.2) is 4.79 Å². The number of nitrogen functional groups attached to an aromatic ring is 2. The summed E-state index contributed by atoms with van der Waals surface area (Å²) in [5.41, 5.74) is 6.58. The second-order valence-electron chi connectivity index (χ2n) is 12.2. The number of anilines is 4. The third-order valence-electron chi connectivity index (χ3n) is 8.34. The van der Waals surface area contributed by atoms with Crippen LogP contribution in [-0.4, -0.2) is 68.1 Å². The highest BCUT2D eigenvalue weighted by molar-refractivity contribution is 7.86. The Morgan fingerprint density at radius 3 is 1.12 bits per heavy atom. The van der Waals surface area contributed by atoms with E-state index in [2.05, 4.69) is 31.1 Å². The first-order valence-electron chi connectivity index (χ1n) is 16.0. The Labute approximate surface area is 337 Å². The van der Waals surface area contributed by atoms with E-state index in [4.69, 9.17) is 11.5 Å². The zero-order valence-corrected chi connectivity index (χ0v) is 32.8. The topological polar surface area (TPSA) is 401 Å². The van der Waals surface area contributed by atoms with Crippen LogP contribution < -0.4 is 22.1 Å². The van der Waals surface area contributed by atoms with Gasteiger partial charge in [-0.2, -0.15) is 33.7 Å². The van der Waals surface area contributed by atoms with Crippen LogP contribution in [0.3, 0.4) is 0 Å². The maximum absolute atomic E-state index is 13.5. The number of urea groups is 1. The number of nitrogens with two attached hydrogens (primary N) is 2. The molecule has 12 N–H and O–H groups in total. The summed E-state index contributed by atoms with van der Waals surface area (Å²) in [7, 11) is -20.4. The van der Waals surface area contributed by atoms with E-state index < -0.39 is 123 Å². The molecule has 6 rings (SSSR count). The number of nitrogens with zero attached hydrogens (tertiary/aromatic N) is 4. The molecule has 2 amide bonds. The first kappa shape index (κ1) is 42.7. The van der Waals surface area contributed by atoms with Gasteiger partial charge in [0.15, 0.2) is 0 Å². The van der Waals surface area contributed by atoms with E-state index in [-0.39, 0.29) is 21.5 Å². The van der Waals surface area contributed by atoms with Crippen molar-refractivity contribution in [3.8, 4) is 11.5 Å². The van der Waals surface area contributed by atoms with Crippen molar-refractivity contribution in [2.45, 2.75) is 19.6 Å². The third kappa shape index (κ3) is 8.48. The van der Waals surface area contributed by atoms with Gasteiger partial charge in [0.05, 0.1) is 33.5 Å². The van der Waals surface area contributed by atoms with E-state index in [1.165, 1.54) is 36.4 Å². The zero-order valence-electron chi connectivity index (χ0n) is 29.5. The number of benzene rings is 6. The van der Waals surface area contributed by atoms with Gasteiger partial charge in [0.2, 0.25) is 0 Å². The van der Waals surface area contributed by atoms with E-state index in [1.54, 1.807) is 0 Å². The van der Waals surface area contributed by atoms with Crippen molar-refractivity contribution in [3.63, 3.8) is 0 Å². The van der Waals surface area contributed by atoms with Gasteiger partial charge in [0.25, 0.3) is 40.5 Å². The Hall–Kier alpha value is -6.85. The Bertz CT molecular complexity index is 3120. The number of phenols is 2. The SMILES string of the molecule is Nc1c(S(=O)(=O)O)cc2cccc(O)c2c1N=Nc1c(NC(=O)Nc2cccc(S(=O)(=O)O)c2N=Nc2c(N)c(S(=O)(=O)O)cc3cccc(O)c23)cccc1S(=O)(=O)O. The number of phenolic OH excluding ortho intramolecular Hbond substituents is 2. The fourth-order valence-corrected chi connectivity index (χ4v) is 8.38. The van der Waals surface area contributed by atoms with Crippen LogP contribution in [0.25, 0.3) is 21.5 Å². The average Bonchev–Trinajstić information content (AvgIpc) is 3.13. The van der Waals surface area contributed by atoms with Crippen molar-refractivity contribution in [3.05, 3.63) is 84.9 Å². The minimum absolute atomic E-state index is 0.0227. The van der Waals surface area contributed by atoms with E-state index in [1.807, 2.05) is 0 Å². The Balaban J connectivity index is 1.46. The molecule has 23 nitrogen and oxygen atoms in total. The smallest absolute Gasteiger partial charge is 0.323 e. The highest BCUT2D eigenvalue weighted by atomic mass is 32.2. The Morgan fingerprint density at radius 1 is 0.467 bits per heavy atom. The quantitative estimate of drug-likeness (QED) is 0.0426. The minimum Gasteiger partial charge on any atom is -0.507 e. The van der Waals surface area contributed by atoms with Crippen molar-refractivity contribution in [2.24, 2.45) is 20.5 Å². The lowest BCUT2D eigenvalue weighted by molar-refractivity contribution is 0.262. The number of hydrogen-bond donors (Lipinski definition) is 10. The van der Waals surface area contributed by atoms with Gasteiger partial charge in [0, 0.05) is 0 Å². The number of carbonyl (C=O) groups excluding carboxylic acids is 1. The van der Waals surface area contributed by atoms with Crippen molar-refractivity contribution >= 4 is 114 Å². The first-order valence-corrected chi connectivity index (χ1v) is 21.8. The van der Waals surface area contributed by atoms with Crippen LogP contribution in [0.1, 0.15) is 0 Å². The number of amides is 2. The van der Waals surface area contributed by atoms with Crippen molar-refractivity contribution in [2.75, 3.05) is 22.1 Å². The first-order chi connectivity index (χ1) is 27.9. The molecule has 0 aliphatic heterocycles. The molecule has 0 heterocycles. The summed E-state index contributed by atoms with van der Waals surface area (Å²) < 4.78 is 138. The van der Waals surface area contributed by atoms with Crippen LogP contribution >= 0.6 is 0 Å². The van der Waals surface area contributed by atoms with Gasteiger partial charge in [-0.3, -0.25) is 18.2 Å². The molecule has 0 bridgehead atoms. The van der Waals surface area contributed by atoms with Crippen LogP contribution in [0.2, 0.25) is 0 Å². The highest BCUT2D eigenvalue weighted by Crippen LogP contribution is 2.45. The predicted molar refractivity (Wildman–Crippen MR) is 213 cm³/mol. The van der Waals surface area contributed by atoms with Gasteiger partial charge in [-0.15, -0.1) is 20.5 Å². The van der Waals surface area contributed by atoms with Crippen molar-refractivity contribution < 1.29 is 66.9 Å². The average molecular weight is 903 g/mol. The summed E-state index contributed by atoms with van der Waals surface area (Å²) in [6.45, 7) is 0. The molecule has 0 unspecified atom stereocenters. The number of azo groups is 2. The van der Waals surface area contributed by atoms with Crippen LogP contribution in [0.5, 0.6) is 11.5 Å². The summed E-state index contributed by atoms with van der Waals surface area (Å²) >= 11 is 0. The molecule has 0 atom stereocenters. The second kappa shape index (κ2) is 15.4. The maximum Gasteiger partial charge on any atom is 0.323 e. The highest BCUT2D eigenvalue weighted by Gasteiger charge is 2.26. The number of hydrogen-bond acceptors (Lipinski definition) is 17. The minimum atomic E-state index is -5.19. The second-order valence-corrected chi connectivity index (χ2v) is 17.8. The molecule has 0 spiro atoms. The number of rotatable bonds is 10. The molecule has 0 aliphatic carbocycles. The third-order valence-corrected chi connectivity index (χ3v) is 11.9. The van der Waals surface area contributed by atoms with Gasteiger partial charge >= 0.3 is 6.03 Å². The van der Waals surface area contributed by atoms with Crippen molar-refractivity contribution in [1.82, 2.24) is 0 Å². The van der Waals surface area contributed by atoms with Crippen molar-refractivity contribution in [1.29, 1.82) is 0 Å². The Morgan fingerprint density at radius 2 is 0.783 bits per heavy atom.